The van der Waals surface area contributed by atoms with Crippen LogP contribution < -0.4 is 16.2 Å². The number of rotatable bonds is 5. The molecule has 0 aliphatic carbocycles. The van der Waals surface area contributed by atoms with Crippen LogP contribution in [-0.4, -0.2) is 28.5 Å². The van der Waals surface area contributed by atoms with Gasteiger partial charge in [0.25, 0.3) is 5.56 Å². The van der Waals surface area contributed by atoms with Crippen LogP contribution in [0.5, 0.6) is 0 Å². The first kappa shape index (κ1) is 13.7. The van der Waals surface area contributed by atoms with E-state index in [1.807, 2.05) is 6.92 Å². The first-order chi connectivity index (χ1) is 8.06. The van der Waals surface area contributed by atoms with Crippen LogP contribution in [0.1, 0.15) is 20.3 Å². The lowest BCUT2D eigenvalue weighted by atomic mass is 10.3. The number of halogens is 1. The van der Waals surface area contributed by atoms with Crippen LogP contribution in [0, 0.1) is 0 Å². The van der Waals surface area contributed by atoms with E-state index in [1.54, 1.807) is 6.92 Å². The number of aromatic amines is 1. The third-order valence-corrected chi connectivity index (χ3v) is 2.83. The molecule has 0 radical (unpaired) electrons. The normalized spacial score (nSPS) is 11.9. The van der Waals surface area contributed by atoms with E-state index in [0.29, 0.717) is 12.4 Å². The van der Waals surface area contributed by atoms with E-state index < -0.39 is 6.04 Å². The van der Waals surface area contributed by atoms with E-state index in [2.05, 4.69) is 36.5 Å². The van der Waals surface area contributed by atoms with Crippen LogP contribution in [-0.2, 0) is 4.79 Å². The van der Waals surface area contributed by atoms with Crippen LogP contribution in [0.2, 0.25) is 0 Å². The van der Waals surface area contributed by atoms with Crippen molar-refractivity contribution in [3.8, 4) is 0 Å². The molecule has 1 atom stereocenters. The van der Waals surface area contributed by atoms with Gasteiger partial charge in [-0.1, -0.05) is 6.92 Å². The predicted octanol–water partition coefficient (Wildman–Crippen LogP) is 0.859. The van der Waals surface area contributed by atoms with Gasteiger partial charge < -0.3 is 15.6 Å². The number of hydrogen-bond donors (Lipinski definition) is 3. The Hall–Kier alpha value is -1.37. The van der Waals surface area contributed by atoms with Crippen LogP contribution in [0.3, 0.4) is 0 Å². The van der Waals surface area contributed by atoms with Gasteiger partial charge in [0.05, 0.1) is 6.33 Å². The number of nitrogens with zero attached hydrogens (tertiary/aromatic N) is 1. The molecule has 1 aromatic rings. The maximum Gasteiger partial charge on any atom is 0.267 e. The van der Waals surface area contributed by atoms with Crippen LogP contribution >= 0.6 is 15.9 Å². The average Bonchev–Trinajstić information content (AvgIpc) is 2.31. The molecule has 0 saturated heterocycles. The topological polar surface area (TPSA) is 86.9 Å². The highest BCUT2D eigenvalue weighted by Gasteiger charge is 2.14. The first-order valence-electron chi connectivity index (χ1n) is 5.33. The van der Waals surface area contributed by atoms with Crippen LogP contribution in [0.15, 0.2) is 15.6 Å². The van der Waals surface area contributed by atoms with Crippen molar-refractivity contribution in [2.24, 2.45) is 0 Å². The quantitative estimate of drug-likeness (QED) is 0.753. The van der Waals surface area contributed by atoms with Gasteiger partial charge in [0.15, 0.2) is 0 Å². The average molecular weight is 303 g/mol. The van der Waals surface area contributed by atoms with Crippen LogP contribution in [0.25, 0.3) is 0 Å². The largest absolute Gasteiger partial charge is 0.357 e. The Bertz CT molecular complexity index is 446. The van der Waals surface area contributed by atoms with Gasteiger partial charge in [0.2, 0.25) is 5.91 Å². The molecule has 94 valence electrons. The first-order valence-corrected chi connectivity index (χ1v) is 6.13. The molecule has 1 aromatic heterocycles. The molecular weight excluding hydrogens is 288 g/mol. The minimum atomic E-state index is -0.452. The minimum absolute atomic E-state index is 0.124. The SMILES string of the molecule is CCCNC(=O)C(C)Nc1nc[nH]c(=O)c1Br. The molecule has 1 heterocycles. The van der Waals surface area contributed by atoms with E-state index in [-0.39, 0.29) is 15.9 Å². The summed E-state index contributed by atoms with van der Waals surface area (Å²) in [7, 11) is 0. The Morgan fingerprint density at radius 3 is 3.00 bits per heavy atom. The molecule has 0 aliphatic heterocycles. The molecule has 0 saturated carbocycles. The predicted molar refractivity (Wildman–Crippen MR) is 68.9 cm³/mol. The van der Waals surface area contributed by atoms with Gasteiger partial charge in [0.1, 0.15) is 16.3 Å². The number of nitrogens with one attached hydrogen (secondary N) is 3. The number of anilines is 1. The zero-order valence-corrected chi connectivity index (χ0v) is 11.3. The maximum absolute atomic E-state index is 11.6. The summed E-state index contributed by atoms with van der Waals surface area (Å²) in [6, 6.07) is -0.452. The molecule has 17 heavy (non-hydrogen) atoms. The van der Waals surface area contributed by atoms with E-state index in [0.717, 1.165) is 6.42 Å². The lowest BCUT2D eigenvalue weighted by molar-refractivity contribution is -0.121. The fourth-order valence-corrected chi connectivity index (χ4v) is 1.49. The summed E-state index contributed by atoms with van der Waals surface area (Å²) in [4.78, 5) is 29.3. The molecule has 7 heteroatoms. The number of hydrogen-bond acceptors (Lipinski definition) is 4. The minimum Gasteiger partial charge on any atom is -0.357 e. The Balaban J connectivity index is 2.68. The number of H-pyrrole nitrogens is 1. The zero-order chi connectivity index (χ0) is 12.8. The van der Waals surface area contributed by atoms with Gasteiger partial charge in [-0.15, -0.1) is 0 Å². The third-order valence-electron chi connectivity index (χ3n) is 2.09. The summed E-state index contributed by atoms with van der Waals surface area (Å²) in [5, 5.41) is 5.63. The van der Waals surface area contributed by atoms with Gasteiger partial charge >= 0.3 is 0 Å². The second-order valence-electron chi connectivity index (χ2n) is 3.55. The molecule has 3 N–H and O–H groups in total. The molecule has 0 spiro atoms. The monoisotopic (exact) mass is 302 g/mol. The van der Waals surface area contributed by atoms with Crippen molar-refractivity contribution in [1.29, 1.82) is 0 Å². The highest BCUT2D eigenvalue weighted by Crippen LogP contribution is 2.13. The number of carbonyl (C=O) groups excluding carboxylic acids is 1. The van der Waals surface area contributed by atoms with E-state index in [4.69, 9.17) is 0 Å². The Labute approximate surface area is 107 Å². The molecule has 0 bridgehead atoms. The van der Waals surface area contributed by atoms with E-state index in [9.17, 15) is 9.59 Å². The van der Waals surface area contributed by atoms with E-state index in [1.165, 1.54) is 6.33 Å². The summed E-state index contributed by atoms with van der Waals surface area (Å²) in [5.74, 6) is 0.230. The second-order valence-corrected chi connectivity index (χ2v) is 4.34. The van der Waals surface area contributed by atoms with Crippen molar-refractivity contribution in [3.63, 3.8) is 0 Å². The molecule has 0 fully saturated rings. The van der Waals surface area contributed by atoms with Crippen molar-refractivity contribution < 1.29 is 4.79 Å². The Morgan fingerprint density at radius 2 is 2.35 bits per heavy atom. The van der Waals surface area contributed by atoms with Gasteiger partial charge in [0, 0.05) is 6.54 Å². The summed E-state index contributed by atoms with van der Waals surface area (Å²) in [6.07, 6.45) is 2.16. The Morgan fingerprint density at radius 1 is 1.65 bits per heavy atom. The zero-order valence-electron chi connectivity index (χ0n) is 9.71. The lowest BCUT2D eigenvalue weighted by Crippen LogP contribution is -2.38. The lowest BCUT2D eigenvalue weighted by Gasteiger charge is -2.14. The molecule has 6 nitrogen and oxygen atoms in total. The van der Waals surface area contributed by atoms with Crippen molar-refractivity contribution >= 4 is 27.7 Å². The smallest absolute Gasteiger partial charge is 0.267 e. The summed E-state index contributed by atoms with van der Waals surface area (Å²) >= 11 is 3.11. The third kappa shape index (κ3) is 3.85. The van der Waals surface area contributed by atoms with Gasteiger partial charge in [-0.25, -0.2) is 4.98 Å². The van der Waals surface area contributed by atoms with Crippen molar-refractivity contribution in [1.82, 2.24) is 15.3 Å². The van der Waals surface area contributed by atoms with Gasteiger partial charge in [-0.2, -0.15) is 0 Å². The van der Waals surface area contributed by atoms with Gasteiger partial charge in [-0.3, -0.25) is 9.59 Å². The highest BCUT2D eigenvalue weighted by atomic mass is 79.9. The fourth-order valence-electron chi connectivity index (χ4n) is 1.16. The van der Waals surface area contributed by atoms with E-state index >= 15 is 0 Å². The summed E-state index contributed by atoms with van der Waals surface area (Å²) in [5.41, 5.74) is -0.288. The molecule has 0 aromatic carbocycles. The standard InChI is InChI=1S/C10H15BrN4O2/c1-3-4-12-9(16)6(2)15-8-7(11)10(17)14-5-13-8/h5-6H,3-4H2,1-2H3,(H,12,16)(H2,13,14,15,17). The van der Waals surface area contributed by atoms with Crippen molar-refractivity contribution in [2.45, 2.75) is 26.3 Å². The Kier molecular flexibility index (Phi) is 5.14. The van der Waals surface area contributed by atoms with Gasteiger partial charge in [-0.05, 0) is 29.3 Å². The highest BCUT2D eigenvalue weighted by molar-refractivity contribution is 9.10. The van der Waals surface area contributed by atoms with Crippen molar-refractivity contribution in [2.75, 3.05) is 11.9 Å². The molecule has 0 aliphatic rings. The number of amides is 1. The maximum atomic E-state index is 11.6. The summed E-state index contributed by atoms with van der Waals surface area (Å²) < 4.78 is 0.287. The molecular formula is C10H15BrN4O2. The molecule has 1 amide bonds. The summed E-state index contributed by atoms with van der Waals surface area (Å²) in [6.45, 7) is 4.32. The van der Waals surface area contributed by atoms with Crippen molar-refractivity contribution in [3.05, 3.63) is 21.2 Å². The fraction of sp³-hybridized carbons (Fsp3) is 0.500. The number of carbonyl (C=O) groups is 1. The van der Waals surface area contributed by atoms with Crippen LogP contribution in [0.4, 0.5) is 5.82 Å². The number of aromatic nitrogens is 2. The molecule has 1 rings (SSSR count). The second kappa shape index (κ2) is 6.39. The molecule has 1 unspecified atom stereocenters.